The summed E-state index contributed by atoms with van der Waals surface area (Å²) in [5.74, 6) is 0.353. The fourth-order valence-electron chi connectivity index (χ4n) is 2.49. The molecule has 132 valence electrons. The van der Waals surface area contributed by atoms with Crippen LogP contribution in [0.25, 0.3) is 0 Å². The Bertz CT molecular complexity index is 721. The van der Waals surface area contributed by atoms with Crippen LogP contribution in [0.4, 0.5) is 10.9 Å². The second-order valence-electron chi connectivity index (χ2n) is 5.47. The van der Waals surface area contributed by atoms with E-state index in [9.17, 15) is 4.79 Å². The van der Waals surface area contributed by atoms with Crippen LogP contribution in [0.5, 0.6) is 0 Å². The third kappa shape index (κ3) is 4.67. The zero-order chi connectivity index (χ0) is 16.2. The first-order valence-electron chi connectivity index (χ1n) is 7.41. The van der Waals surface area contributed by atoms with E-state index in [4.69, 9.17) is 10.5 Å². The quantitative estimate of drug-likeness (QED) is 0.790. The summed E-state index contributed by atoms with van der Waals surface area (Å²) in [7, 11) is 1.70. The lowest BCUT2D eigenvalue weighted by Gasteiger charge is -2.32. The van der Waals surface area contributed by atoms with E-state index in [-0.39, 0.29) is 24.1 Å². The monoisotopic (exact) mass is 372 g/mol. The highest BCUT2D eigenvalue weighted by molar-refractivity contribution is 7.15. The van der Waals surface area contributed by atoms with Gasteiger partial charge in [-0.3, -0.25) is 9.69 Å². The Hall–Kier alpha value is -1.68. The number of aromatic nitrogens is 3. The average Bonchev–Trinajstić information content (AvgIpc) is 2.94. The molecule has 24 heavy (non-hydrogen) atoms. The van der Waals surface area contributed by atoms with Crippen molar-refractivity contribution in [3.05, 3.63) is 33.8 Å². The fraction of sp³-hybridized carbons (Fsp3) is 0.500. The second kappa shape index (κ2) is 8.43. The predicted molar refractivity (Wildman–Crippen MR) is 96.8 cm³/mol. The molecule has 1 aliphatic rings. The lowest BCUT2D eigenvalue weighted by molar-refractivity contribution is -0.0237. The molecule has 1 unspecified atom stereocenters. The molecule has 0 spiro atoms. The SMILES string of the molecule is Cl.Cn1ccnc(NCC2CN(Cc3cnc(N)s3)CCO2)c1=O. The maximum atomic E-state index is 11.9. The zero-order valence-corrected chi connectivity index (χ0v) is 15.0. The summed E-state index contributed by atoms with van der Waals surface area (Å²) >= 11 is 1.51. The van der Waals surface area contributed by atoms with Gasteiger partial charge in [-0.2, -0.15) is 0 Å². The number of anilines is 2. The summed E-state index contributed by atoms with van der Waals surface area (Å²) < 4.78 is 7.26. The number of rotatable bonds is 5. The van der Waals surface area contributed by atoms with Gasteiger partial charge in [0.25, 0.3) is 5.56 Å². The number of halogens is 1. The van der Waals surface area contributed by atoms with Crippen LogP contribution in [-0.2, 0) is 18.3 Å². The molecule has 10 heteroatoms. The van der Waals surface area contributed by atoms with Gasteiger partial charge in [0.2, 0.25) is 0 Å². The summed E-state index contributed by atoms with van der Waals surface area (Å²) in [6.07, 6.45) is 5.07. The van der Waals surface area contributed by atoms with Gasteiger partial charge in [0, 0.05) is 56.7 Å². The van der Waals surface area contributed by atoms with E-state index >= 15 is 0 Å². The van der Waals surface area contributed by atoms with Crippen LogP contribution in [0.2, 0.25) is 0 Å². The van der Waals surface area contributed by atoms with Crippen LogP contribution in [0.3, 0.4) is 0 Å². The van der Waals surface area contributed by atoms with E-state index in [0.29, 0.717) is 24.1 Å². The molecule has 0 aromatic carbocycles. The van der Waals surface area contributed by atoms with E-state index in [0.717, 1.165) is 24.5 Å². The third-order valence-corrected chi connectivity index (χ3v) is 4.50. The van der Waals surface area contributed by atoms with Crippen LogP contribution in [0.15, 0.2) is 23.4 Å². The van der Waals surface area contributed by atoms with Crippen LogP contribution in [0, 0.1) is 0 Å². The molecule has 1 aliphatic heterocycles. The summed E-state index contributed by atoms with van der Waals surface area (Å²) in [5, 5.41) is 3.68. The molecular weight excluding hydrogens is 352 g/mol. The molecule has 0 saturated carbocycles. The third-order valence-electron chi connectivity index (χ3n) is 3.69. The predicted octanol–water partition coefficient (Wildman–Crippen LogP) is 0.554. The number of thiazole rings is 1. The molecular formula is C14H21ClN6O2S. The van der Waals surface area contributed by atoms with Crippen LogP contribution in [0.1, 0.15) is 4.88 Å². The highest BCUT2D eigenvalue weighted by atomic mass is 35.5. The number of nitrogens with one attached hydrogen (secondary N) is 1. The van der Waals surface area contributed by atoms with Crippen molar-refractivity contribution in [1.29, 1.82) is 0 Å². The first kappa shape index (κ1) is 18.7. The number of nitrogen functional groups attached to an aromatic ring is 1. The topological polar surface area (TPSA) is 98.3 Å². The first-order chi connectivity index (χ1) is 11.1. The van der Waals surface area contributed by atoms with Gasteiger partial charge in [0.05, 0.1) is 12.7 Å². The number of nitrogens with zero attached hydrogens (tertiary/aromatic N) is 4. The number of ether oxygens (including phenoxy) is 1. The molecule has 1 fully saturated rings. The first-order valence-corrected chi connectivity index (χ1v) is 8.23. The van der Waals surface area contributed by atoms with Crippen molar-refractivity contribution in [2.24, 2.45) is 7.05 Å². The highest BCUT2D eigenvalue weighted by Gasteiger charge is 2.21. The minimum atomic E-state index is -0.139. The molecule has 3 rings (SSSR count). The number of hydrogen-bond donors (Lipinski definition) is 2. The minimum absolute atomic E-state index is 0. The Morgan fingerprint density at radius 2 is 2.33 bits per heavy atom. The lowest BCUT2D eigenvalue weighted by atomic mass is 10.2. The van der Waals surface area contributed by atoms with Gasteiger partial charge in [-0.15, -0.1) is 23.7 Å². The molecule has 1 saturated heterocycles. The molecule has 0 radical (unpaired) electrons. The van der Waals surface area contributed by atoms with Crippen molar-refractivity contribution in [2.75, 3.05) is 37.3 Å². The standard InChI is InChI=1S/C14H20N6O2S.ClH/c1-19-3-2-16-12(13(19)21)17-6-10-8-20(4-5-22-10)9-11-7-18-14(15)23-11;/h2-3,7,10H,4-6,8-9H2,1H3,(H2,15,18)(H,16,17);1H. The lowest BCUT2D eigenvalue weighted by Crippen LogP contribution is -2.45. The summed E-state index contributed by atoms with van der Waals surface area (Å²) in [4.78, 5) is 23.5. The Balaban J connectivity index is 0.00000208. The van der Waals surface area contributed by atoms with Crippen molar-refractivity contribution in [1.82, 2.24) is 19.4 Å². The molecule has 3 heterocycles. The number of morpholine rings is 1. The van der Waals surface area contributed by atoms with Gasteiger partial charge in [0.15, 0.2) is 10.9 Å². The van der Waals surface area contributed by atoms with Crippen LogP contribution >= 0.6 is 23.7 Å². The normalized spacial score (nSPS) is 18.1. The van der Waals surface area contributed by atoms with E-state index in [2.05, 4.69) is 20.2 Å². The van der Waals surface area contributed by atoms with Gasteiger partial charge in [0.1, 0.15) is 0 Å². The van der Waals surface area contributed by atoms with E-state index in [1.54, 1.807) is 19.4 Å². The maximum Gasteiger partial charge on any atom is 0.293 e. The number of aryl methyl sites for hydroxylation is 1. The summed E-state index contributed by atoms with van der Waals surface area (Å²) in [6.45, 7) is 3.70. The van der Waals surface area contributed by atoms with Crippen LogP contribution < -0.4 is 16.6 Å². The van der Waals surface area contributed by atoms with Crippen molar-refractivity contribution < 1.29 is 4.74 Å². The number of nitrogens with two attached hydrogens (primary N) is 1. The molecule has 2 aromatic heterocycles. The van der Waals surface area contributed by atoms with Crippen molar-refractivity contribution in [2.45, 2.75) is 12.6 Å². The Morgan fingerprint density at radius 1 is 1.50 bits per heavy atom. The Labute approximate surface area is 150 Å². The summed E-state index contributed by atoms with van der Waals surface area (Å²) in [6, 6.07) is 0. The van der Waals surface area contributed by atoms with E-state index < -0.39 is 0 Å². The van der Waals surface area contributed by atoms with E-state index in [1.165, 1.54) is 15.9 Å². The van der Waals surface area contributed by atoms with Crippen molar-refractivity contribution in [3.63, 3.8) is 0 Å². The molecule has 0 amide bonds. The minimum Gasteiger partial charge on any atom is -0.375 e. The van der Waals surface area contributed by atoms with Crippen molar-refractivity contribution in [3.8, 4) is 0 Å². The molecule has 1 atom stereocenters. The molecule has 3 N–H and O–H groups in total. The van der Waals surface area contributed by atoms with Gasteiger partial charge < -0.3 is 20.4 Å². The van der Waals surface area contributed by atoms with Crippen molar-refractivity contribution >= 4 is 34.7 Å². The molecule has 8 nitrogen and oxygen atoms in total. The maximum absolute atomic E-state index is 11.9. The molecule has 0 bridgehead atoms. The van der Waals surface area contributed by atoms with Crippen LogP contribution in [-0.4, -0.2) is 51.8 Å². The Morgan fingerprint density at radius 3 is 3.08 bits per heavy atom. The highest BCUT2D eigenvalue weighted by Crippen LogP contribution is 2.18. The van der Waals surface area contributed by atoms with E-state index in [1.807, 2.05) is 6.20 Å². The molecule has 0 aliphatic carbocycles. The summed E-state index contributed by atoms with van der Waals surface area (Å²) in [5.41, 5.74) is 5.53. The molecule has 2 aromatic rings. The van der Waals surface area contributed by atoms with Gasteiger partial charge in [-0.05, 0) is 0 Å². The Kier molecular flexibility index (Phi) is 6.55. The van der Waals surface area contributed by atoms with Gasteiger partial charge in [-0.25, -0.2) is 9.97 Å². The average molecular weight is 373 g/mol. The second-order valence-corrected chi connectivity index (χ2v) is 6.61. The zero-order valence-electron chi connectivity index (χ0n) is 13.3. The van der Waals surface area contributed by atoms with Gasteiger partial charge in [-0.1, -0.05) is 0 Å². The fourth-order valence-corrected chi connectivity index (χ4v) is 3.22. The van der Waals surface area contributed by atoms with Gasteiger partial charge >= 0.3 is 0 Å². The smallest absolute Gasteiger partial charge is 0.293 e. The number of hydrogen-bond acceptors (Lipinski definition) is 8. The largest absolute Gasteiger partial charge is 0.375 e.